The van der Waals surface area contributed by atoms with Gasteiger partial charge >= 0.3 is 0 Å². The highest BCUT2D eigenvalue weighted by molar-refractivity contribution is 5.80. The van der Waals surface area contributed by atoms with Crippen LogP contribution in [0.2, 0.25) is 0 Å². The van der Waals surface area contributed by atoms with Gasteiger partial charge in [0.25, 0.3) is 5.56 Å². The van der Waals surface area contributed by atoms with Gasteiger partial charge in [0.05, 0.1) is 18.7 Å². The van der Waals surface area contributed by atoms with E-state index in [1.54, 1.807) is 12.3 Å². The largest absolute Gasteiger partial charge is 0.494 e. The van der Waals surface area contributed by atoms with Crippen LogP contribution in [0.3, 0.4) is 0 Å². The second-order valence-corrected chi connectivity index (χ2v) is 9.35. The van der Waals surface area contributed by atoms with E-state index in [0.29, 0.717) is 13.2 Å². The highest BCUT2D eigenvalue weighted by atomic mass is 16.5. The van der Waals surface area contributed by atoms with Crippen molar-refractivity contribution in [3.8, 4) is 5.75 Å². The van der Waals surface area contributed by atoms with E-state index < -0.39 is 0 Å². The molecule has 192 valence electrons. The van der Waals surface area contributed by atoms with Crippen LogP contribution in [0.15, 0.2) is 115 Å². The second kappa shape index (κ2) is 12.8. The van der Waals surface area contributed by atoms with Crippen molar-refractivity contribution in [1.29, 1.82) is 0 Å². The quantitative estimate of drug-likeness (QED) is 0.225. The highest BCUT2D eigenvalue weighted by Crippen LogP contribution is 2.21. The maximum atomic E-state index is 12.6. The number of benzene rings is 2. The first-order chi connectivity index (χ1) is 18.8. The molecule has 0 aliphatic rings. The Bertz CT molecular complexity index is 1490. The third-order valence-corrected chi connectivity index (χ3v) is 6.68. The number of ether oxygens (including phenoxy) is 1. The third-order valence-electron chi connectivity index (χ3n) is 6.68. The number of fused-ring (bicyclic) bond motifs is 1. The summed E-state index contributed by atoms with van der Waals surface area (Å²) in [5, 5.41) is 4.68. The van der Waals surface area contributed by atoms with Crippen LogP contribution in [0.1, 0.15) is 35.6 Å². The zero-order valence-electron chi connectivity index (χ0n) is 21.4. The standard InChI is InChI=1S/C32H32N4O2/c37-32-14-10-28-22-29(11-13-31(28)36(32)24-26-6-2-1-3-7-26)38-21-5-18-35-30(27-15-19-33-20-16-27)12-9-25-8-4-17-34-23-25/h1-4,6-8,10-11,13-17,19-20,22-23,30,35H,5,9,12,18,21,24H2. The van der Waals surface area contributed by atoms with Gasteiger partial charge in [0, 0.05) is 42.3 Å². The van der Waals surface area contributed by atoms with Crippen molar-refractivity contribution in [2.24, 2.45) is 0 Å². The van der Waals surface area contributed by atoms with E-state index in [1.807, 2.05) is 83.8 Å². The van der Waals surface area contributed by atoms with Crippen LogP contribution in [0, 0.1) is 0 Å². The molecule has 0 saturated carbocycles. The number of nitrogens with one attached hydrogen (secondary N) is 1. The maximum absolute atomic E-state index is 12.6. The van der Waals surface area contributed by atoms with E-state index in [4.69, 9.17) is 4.74 Å². The van der Waals surface area contributed by atoms with Crippen LogP contribution < -0.4 is 15.6 Å². The van der Waals surface area contributed by atoms with Gasteiger partial charge in [-0.15, -0.1) is 0 Å². The van der Waals surface area contributed by atoms with Crippen LogP contribution in [-0.2, 0) is 13.0 Å². The van der Waals surface area contributed by atoms with E-state index in [9.17, 15) is 4.79 Å². The third kappa shape index (κ3) is 6.72. The lowest BCUT2D eigenvalue weighted by Crippen LogP contribution is -2.24. The second-order valence-electron chi connectivity index (χ2n) is 9.35. The zero-order valence-corrected chi connectivity index (χ0v) is 21.4. The lowest BCUT2D eigenvalue weighted by Gasteiger charge is -2.19. The highest BCUT2D eigenvalue weighted by Gasteiger charge is 2.11. The molecule has 5 rings (SSSR count). The molecule has 0 aliphatic carbocycles. The van der Waals surface area contributed by atoms with Gasteiger partial charge < -0.3 is 14.6 Å². The molecule has 1 N–H and O–H groups in total. The molecule has 1 atom stereocenters. The molecule has 3 heterocycles. The summed E-state index contributed by atoms with van der Waals surface area (Å²) >= 11 is 0. The Morgan fingerprint density at radius 2 is 1.68 bits per heavy atom. The summed E-state index contributed by atoms with van der Waals surface area (Å²) in [5.41, 5.74) is 4.47. The molecule has 0 fully saturated rings. The summed E-state index contributed by atoms with van der Waals surface area (Å²) < 4.78 is 7.88. The molecule has 0 aliphatic heterocycles. The van der Waals surface area contributed by atoms with Crippen molar-refractivity contribution in [3.05, 3.63) is 137 Å². The fraction of sp³-hybridized carbons (Fsp3) is 0.219. The van der Waals surface area contributed by atoms with Gasteiger partial charge in [0.2, 0.25) is 0 Å². The number of pyridine rings is 3. The summed E-state index contributed by atoms with van der Waals surface area (Å²) in [7, 11) is 0. The van der Waals surface area contributed by atoms with E-state index in [0.717, 1.165) is 48.0 Å². The molecule has 6 nitrogen and oxygen atoms in total. The Labute approximate surface area is 223 Å². The number of nitrogens with zero attached hydrogens (tertiary/aromatic N) is 3. The molecular formula is C32H32N4O2. The van der Waals surface area contributed by atoms with Gasteiger partial charge in [-0.3, -0.25) is 14.8 Å². The average Bonchev–Trinajstić information content (AvgIpc) is 2.97. The maximum Gasteiger partial charge on any atom is 0.251 e. The van der Waals surface area contributed by atoms with Crippen LogP contribution in [-0.4, -0.2) is 27.7 Å². The number of aryl methyl sites for hydroxylation is 1. The van der Waals surface area contributed by atoms with Crippen molar-refractivity contribution >= 4 is 10.9 Å². The minimum Gasteiger partial charge on any atom is -0.494 e. The van der Waals surface area contributed by atoms with Crippen molar-refractivity contribution < 1.29 is 4.74 Å². The van der Waals surface area contributed by atoms with Crippen LogP contribution in [0.5, 0.6) is 5.75 Å². The molecule has 6 heteroatoms. The number of aromatic nitrogens is 3. The molecule has 1 unspecified atom stereocenters. The van der Waals surface area contributed by atoms with Crippen molar-refractivity contribution in [2.45, 2.75) is 31.8 Å². The minimum atomic E-state index is -0.00613. The summed E-state index contributed by atoms with van der Waals surface area (Å²) in [6.45, 7) is 1.99. The predicted octanol–water partition coefficient (Wildman–Crippen LogP) is 5.57. The van der Waals surface area contributed by atoms with Gasteiger partial charge in [0.1, 0.15) is 5.75 Å². The summed E-state index contributed by atoms with van der Waals surface area (Å²) in [6.07, 6.45) is 10.2. The zero-order chi connectivity index (χ0) is 26.0. The summed E-state index contributed by atoms with van der Waals surface area (Å²) in [6, 6.07) is 28.0. The Hall–Kier alpha value is -4.29. The molecular weight excluding hydrogens is 472 g/mol. The van der Waals surface area contributed by atoms with E-state index in [-0.39, 0.29) is 11.6 Å². The van der Waals surface area contributed by atoms with Crippen molar-refractivity contribution in [1.82, 2.24) is 19.9 Å². The number of hydrogen-bond acceptors (Lipinski definition) is 5. The molecule has 3 aromatic heterocycles. The summed E-state index contributed by atoms with van der Waals surface area (Å²) in [4.78, 5) is 21.0. The number of hydrogen-bond donors (Lipinski definition) is 1. The fourth-order valence-corrected chi connectivity index (χ4v) is 4.68. The summed E-state index contributed by atoms with van der Waals surface area (Å²) in [5.74, 6) is 0.810. The smallest absolute Gasteiger partial charge is 0.251 e. The Morgan fingerprint density at radius 1 is 0.842 bits per heavy atom. The average molecular weight is 505 g/mol. The first kappa shape index (κ1) is 25.4. The first-order valence-corrected chi connectivity index (χ1v) is 13.1. The van der Waals surface area contributed by atoms with Crippen molar-refractivity contribution in [3.63, 3.8) is 0 Å². The molecule has 38 heavy (non-hydrogen) atoms. The Kier molecular flexibility index (Phi) is 8.54. The van der Waals surface area contributed by atoms with Gasteiger partial charge in [-0.2, -0.15) is 0 Å². The lowest BCUT2D eigenvalue weighted by molar-refractivity contribution is 0.304. The van der Waals surface area contributed by atoms with Crippen LogP contribution in [0.25, 0.3) is 10.9 Å². The molecule has 0 amide bonds. The van der Waals surface area contributed by atoms with Gasteiger partial charge in [-0.1, -0.05) is 36.4 Å². The van der Waals surface area contributed by atoms with Crippen molar-refractivity contribution in [2.75, 3.05) is 13.2 Å². The molecule has 0 radical (unpaired) electrons. The monoisotopic (exact) mass is 504 g/mol. The first-order valence-electron chi connectivity index (χ1n) is 13.1. The predicted molar refractivity (Wildman–Crippen MR) is 151 cm³/mol. The molecule has 2 aromatic carbocycles. The topological polar surface area (TPSA) is 69.0 Å². The van der Waals surface area contributed by atoms with Crippen LogP contribution >= 0.6 is 0 Å². The Morgan fingerprint density at radius 3 is 2.50 bits per heavy atom. The van der Waals surface area contributed by atoms with Crippen LogP contribution in [0.4, 0.5) is 0 Å². The van der Waals surface area contributed by atoms with E-state index in [2.05, 4.69) is 33.5 Å². The lowest BCUT2D eigenvalue weighted by atomic mass is 10.0. The van der Waals surface area contributed by atoms with E-state index in [1.165, 1.54) is 11.1 Å². The van der Waals surface area contributed by atoms with Gasteiger partial charge in [-0.25, -0.2) is 0 Å². The van der Waals surface area contributed by atoms with Gasteiger partial charge in [-0.05, 0) is 85.0 Å². The Balaban J connectivity index is 1.16. The van der Waals surface area contributed by atoms with E-state index >= 15 is 0 Å². The molecule has 5 aromatic rings. The van der Waals surface area contributed by atoms with Gasteiger partial charge in [0.15, 0.2) is 0 Å². The molecule has 0 bridgehead atoms. The molecule has 0 saturated heterocycles. The number of rotatable bonds is 12. The molecule has 0 spiro atoms. The fourth-order valence-electron chi connectivity index (χ4n) is 4.68. The normalized spacial score (nSPS) is 11.9. The SMILES string of the molecule is O=c1ccc2cc(OCCCNC(CCc3cccnc3)c3ccncc3)ccc2n1Cc1ccccc1. The minimum absolute atomic E-state index is 0.00613.